The average molecular weight is 274 g/mol. The summed E-state index contributed by atoms with van der Waals surface area (Å²) < 4.78 is 0. The van der Waals surface area contributed by atoms with Gasteiger partial charge in [-0.05, 0) is 50.8 Å². The normalized spacial score (nSPS) is 14.7. The second kappa shape index (κ2) is 7.68. The van der Waals surface area contributed by atoms with Crippen LogP contribution >= 0.6 is 0 Å². The Morgan fingerprint density at radius 1 is 1.20 bits per heavy atom. The van der Waals surface area contributed by atoms with Gasteiger partial charge in [-0.3, -0.25) is 0 Å². The van der Waals surface area contributed by atoms with Crippen LogP contribution in [0, 0.1) is 6.92 Å². The van der Waals surface area contributed by atoms with Crippen molar-refractivity contribution >= 4 is 5.69 Å². The van der Waals surface area contributed by atoms with Gasteiger partial charge >= 0.3 is 0 Å². The molecular formula is C18H30N2. The summed E-state index contributed by atoms with van der Waals surface area (Å²) in [7, 11) is 0. The SMILES string of the molecule is Cc1ccc2c(c1)CCCN2CCCCCNC(C)C. The first kappa shape index (κ1) is 15.4. The fourth-order valence-electron chi connectivity index (χ4n) is 3.03. The second-order valence-electron chi connectivity index (χ2n) is 6.39. The summed E-state index contributed by atoms with van der Waals surface area (Å²) in [4.78, 5) is 2.59. The number of hydrogen-bond acceptors (Lipinski definition) is 2. The first-order chi connectivity index (χ1) is 9.66. The van der Waals surface area contributed by atoms with Crippen molar-refractivity contribution in [1.82, 2.24) is 5.32 Å². The summed E-state index contributed by atoms with van der Waals surface area (Å²) in [5.74, 6) is 0. The van der Waals surface area contributed by atoms with Crippen molar-refractivity contribution in [3.8, 4) is 0 Å². The molecule has 1 aliphatic rings. The molecule has 0 saturated heterocycles. The number of unbranched alkanes of at least 4 members (excludes halogenated alkanes) is 2. The summed E-state index contributed by atoms with van der Waals surface area (Å²) in [5.41, 5.74) is 4.44. The van der Waals surface area contributed by atoms with Crippen molar-refractivity contribution < 1.29 is 0 Å². The van der Waals surface area contributed by atoms with Gasteiger partial charge in [0, 0.05) is 24.8 Å². The van der Waals surface area contributed by atoms with Gasteiger partial charge in [-0.15, -0.1) is 0 Å². The smallest absolute Gasteiger partial charge is 0.0398 e. The van der Waals surface area contributed by atoms with Crippen molar-refractivity contribution in [2.45, 2.75) is 58.9 Å². The van der Waals surface area contributed by atoms with E-state index in [0.717, 1.165) is 6.54 Å². The van der Waals surface area contributed by atoms with E-state index in [-0.39, 0.29) is 0 Å². The highest BCUT2D eigenvalue weighted by molar-refractivity contribution is 5.56. The van der Waals surface area contributed by atoms with E-state index in [1.807, 2.05) is 0 Å². The van der Waals surface area contributed by atoms with Gasteiger partial charge < -0.3 is 10.2 Å². The van der Waals surface area contributed by atoms with Gasteiger partial charge in [-0.25, -0.2) is 0 Å². The highest BCUT2D eigenvalue weighted by atomic mass is 15.1. The monoisotopic (exact) mass is 274 g/mol. The van der Waals surface area contributed by atoms with Crippen LogP contribution in [0.4, 0.5) is 5.69 Å². The van der Waals surface area contributed by atoms with Gasteiger partial charge in [0.25, 0.3) is 0 Å². The van der Waals surface area contributed by atoms with E-state index in [9.17, 15) is 0 Å². The van der Waals surface area contributed by atoms with Crippen LogP contribution in [-0.2, 0) is 6.42 Å². The molecule has 2 nitrogen and oxygen atoms in total. The molecule has 20 heavy (non-hydrogen) atoms. The topological polar surface area (TPSA) is 15.3 Å². The average Bonchev–Trinajstić information content (AvgIpc) is 2.42. The molecule has 1 heterocycles. The minimum atomic E-state index is 0.618. The third-order valence-electron chi connectivity index (χ3n) is 4.11. The lowest BCUT2D eigenvalue weighted by atomic mass is 9.99. The van der Waals surface area contributed by atoms with Crippen molar-refractivity contribution in [3.63, 3.8) is 0 Å². The second-order valence-corrected chi connectivity index (χ2v) is 6.39. The van der Waals surface area contributed by atoms with Crippen LogP contribution in [0.25, 0.3) is 0 Å². The zero-order valence-corrected chi connectivity index (χ0v) is 13.4. The number of rotatable bonds is 7. The molecule has 0 saturated carbocycles. The predicted molar refractivity (Wildman–Crippen MR) is 88.7 cm³/mol. The fourth-order valence-corrected chi connectivity index (χ4v) is 3.03. The molecule has 0 atom stereocenters. The lowest BCUT2D eigenvalue weighted by Crippen LogP contribution is -2.30. The number of fused-ring (bicyclic) bond motifs is 1. The Hall–Kier alpha value is -1.02. The summed E-state index contributed by atoms with van der Waals surface area (Å²) in [6.07, 6.45) is 6.51. The van der Waals surface area contributed by atoms with E-state index in [1.165, 1.54) is 56.4 Å². The van der Waals surface area contributed by atoms with E-state index in [0.29, 0.717) is 6.04 Å². The summed E-state index contributed by atoms with van der Waals surface area (Å²) in [6.45, 7) is 10.2. The zero-order valence-electron chi connectivity index (χ0n) is 13.4. The molecule has 0 aromatic heterocycles. The molecule has 0 bridgehead atoms. The molecule has 112 valence electrons. The van der Waals surface area contributed by atoms with Crippen LogP contribution in [0.2, 0.25) is 0 Å². The Labute approximate surface area is 124 Å². The van der Waals surface area contributed by atoms with Crippen LogP contribution in [0.3, 0.4) is 0 Å². The van der Waals surface area contributed by atoms with Crippen molar-refractivity contribution in [2.75, 3.05) is 24.5 Å². The molecule has 1 aromatic rings. The van der Waals surface area contributed by atoms with Gasteiger partial charge in [0.15, 0.2) is 0 Å². The molecule has 2 rings (SSSR count). The molecule has 1 aliphatic heterocycles. The Bertz CT molecular complexity index is 412. The minimum Gasteiger partial charge on any atom is -0.371 e. The third kappa shape index (κ3) is 4.52. The fraction of sp³-hybridized carbons (Fsp3) is 0.667. The van der Waals surface area contributed by atoms with E-state index in [2.05, 4.69) is 49.2 Å². The van der Waals surface area contributed by atoms with Crippen molar-refractivity contribution in [2.24, 2.45) is 0 Å². The number of anilines is 1. The standard InChI is InChI=1S/C18H30N2/c1-15(2)19-11-5-4-6-12-20-13-7-8-17-14-16(3)9-10-18(17)20/h9-10,14-15,19H,4-8,11-13H2,1-3H3. The highest BCUT2D eigenvalue weighted by Gasteiger charge is 2.15. The maximum Gasteiger partial charge on any atom is 0.0398 e. The Kier molecular flexibility index (Phi) is 5.90. The highest BCUT2D eigenvalue weighted by Crippen LogP contribution is 2.28. The first-order valence-electron chi connectivity index (χ1n) is 8.24. The number of aryl methyl sites for hydroxylation is 2. The molecule has 0 aliphatic carbocycles. The number of nitrogens with zero attached hydrogens (tertiary/aromatic N) is 1. The van der Waals surface area contributed by atoms with Crippen molar-refractivity contribution in [3.05, 3.63) is 29.3 Å². The van der Waals surface area contributed by atoms with Gasteiger partial charge in [-0.1, -0.05) is 38.0 Å². The number of nitrogens with one attached hydrogen (secondary N) is 1. The van der Waals surface area contributed by atoms with E-state index in [4.69, 9.17) is 0 Å². The summed E-state index contributed by atoms with van der Waals surface area (Å²) in [5, 5.41) is 3.49. The molecule has 0 spiro atoms. The Balaban J connectivity index is 1.75. The Morgan fingerprint density at radius 3 is 2.85 bits per heavy atom. The van der Waals surface area contributed by atoms with Crippen LogP contribution in [0.1, 0.15) is 50.7 Å². The van der Waals surface area contributed by atoms with Crippen molar-refractivity contribution in [1.29, 1.82) is 0 Å². The molecule has 0 amide bonds. The Morgan fingerprint density at radius 2 is 2.05 bits per heavy atom. The van der Waals surface area contributed by atoms with Crippen LogP contribution in [0.5, 0.6) is 0 Å². The third-order valence-corrected chi connectivity index (χ3v) is 4.11. The van der Waals surface area contributed by atoms with E-state index < -0.39 is 0 Å². The summed E-state index contributed by atoms with van der Waals surface area (Å²) in [6, 6.07) is 7.56. The molecule has 2 heteroatoms. The summed E-state index contributed by atoms with van der Waals surface area (Å²) >= 11 is 0. The molecule has 0 radical (unpaired) electrons. The maximum absolute atomic E-state index is 3.49. The molecular weight excluding hydrogens is 244 g/mol. The van der Waals surface area contributed by atoms with E-state index in [1.54, 1.807) is 5.56 Å². The number of hydrogen-bond donors (Lipinski definition) is 1. The molecule has 1 aromatic carbocycles. The van der Waals surface area contributed by atoms with Crippen LogP contribution in [-0.4, -0.2) is 25.7 Å². The maximum atomic E-state index is 3.49. The zero-order chi connectivity index (χ0) is 14.4. The first-order valence-corrected chi connectivity index (χ1v) is 8.24. The lowest BCUT2D eigenvalue weighted by molar-refractivity contribution is 0.543. The van der Waals surface area contributed by atoms with Gasteiger partial charge in [0.05, 0.1) is 0 Å². The molecule has 0 unspecified atom stereocenters. The molecule has 0 fully saturated rings. The number of benzene rings is 1. The van der Waals surface area contributed by atoms with Crippen LogP contribution in [0.15, 0.2) is 18.2 Å². The van der Waals surface area contributed by atoms with Gasteiger partial charge in [0.2, 0.25) is 0 Å². The van der Waals surface area contributed by atoms with Gasteiger partial charge in [0.1, 0.15) is 0 Å². The minimum absolute atomic E-state index is 0.618. The van der Waals surface area contributed by atoms with E-state index >= 15 is 0 Å². The van der Waals surface area contributed by atoms with Crippen LogP contribution < -0.4 is 10.2 Å². The lowest BCUT2D eigenvalue weighted by Gasteiger charge is -2.31. The quantitative estimate of drug-likeness (QED) is 0.758. The molecule has 1 N–H and O–H groups in total. The van der Waals surface area contributed by atoms with Gasteiger partial charge in [-0.2, -0.15) is 0 Å². The predicted octanol–water partition coefficient (Wildman–Crippen LogP) is 3.92. The largest absolute Gasteiger partial charge is 0.371 e.